The lowest BCUT2D eigenvalue weighted by Gasteiger charge is -2.19. The van der Waals surface area contributed by atoms with Crippen molar-refractivity contribution >= 4 is 66.0 Å². The average molecular weight is 609 g/mol. The third-order valence-electron chi connectivity index (χ3n) is 10.4. The molecule has 0 spiro atoms. The number of benzene rings is 9. The van der Waals surface area contributed by atoms with Crippen LogP contribution in [0.15, 0.2) is 158 Å². The predicted octanol–water partition coefficient (Wildman–Crippen LogP) is 11.8. The fourth-order valence-electron chi connectivity index (χ4n) is 8.27. The monoisotopic (exact) mass is 608 g/mol. The van der Waals surface area contributed by atoms with Gasteiger partial charge in [0.15, 0.2) is 0 Å². The summed E-state index contributed by atoms with van der Waals surface area (Å²) in [4.78, 5) is 0. The summed E-state index contributed by atoms with van der Waals surface area (Å²) in [6.45, 7) is 0. The minimum atomic E-state index is 1.07. The van der Waals surface area contributed by atoms with Crippen LogP contribution in [-0.4, -0.2) is 0 Å². The summed E-state index contributed by atoms with van der Waals surface area (Å²) < 4.78 is 0. The van der Waals surface area contributed by atoms with Crippen molar-refractivity contribution in [1.29, 1.82) is 0 Å². The minimum Gasteiger partial charge on any atom is -0.0757 e. The Balaban J connectivity index is 1.25. The molecule has 9 aromatic rings. The van der Waals surface area contributed by atoms with Gasteiger partial charge < -0.3 is 0 Å². The number of fused-ring (bicyclic) bond motifs is 7. The first-order valence-corrected chi connectivity index (χ1v) is 17.0. The fraction of sp³-hybridized carbons (Fsp3) is 0.0417. The molecule has 1 aliphatic carbocycles. The Hall–Kier alpha value is -5.98. The van der Waals surface area contributed by atoms with Gasteiger partial charge in [-0.25, -0.2) is 0 Å². The van der Waals surface area contributed by atoms with Gasteiger partial charge in [-0.2, -0.15) is 0 Å². The highest BCUT2D eigenvalue weighted by Gasteiger charge is 2.18. The molecule has 0 aliphatic heterocycles. The minimum absolute atomic E-state index is 1.07. The summed E-state index contributed by atoms with van der Waals surface area (Å²) in [5.74, 6) is 0. The number of hydrogen-bond donors (Lipinski definition) is 0. The van der Waals surface area contributed by atoms with Gasteiger partial charge in [-0.3, -0.25) is 0 Å². The van der Waals surface area contributed by atoms with Crippen LogP contribution >= 0.6 is 0 Å². The second kappa shape index (κ2) is 10.8. The molecule has 0 bridgehead atoms. The third kappa shape index (κ3) is 4.16. The van der Waals surface area contributed by atoms with E-state index in [1.807, 2.05) is 0 Å². The van der Waals surface area contributed by atoms with Crippen molar-refractivity contribution < 1.29 is 0 Å². The summed E-state index contributed by atoms with van der Waals surface area (Å²) >= 11 is 0. The molecule has 0 saturated carbocycles. The van der Waals surface area contributed by atoms with Gasteiger partial charge in [0.05, 0.1) is 0 Å². The Morgan fingerprint density at radius 2 is 0.812 bits per heavy atom. The van der Waals surface area contributed by atoms with Gasteiger partial charge in [0.2, 0.25) is 0 Å². The van der Waals surface area contributed by atoms with Crippen molar-refractivity contribution in [3.8, 4) is 33.4 Å². The summed E-state index contributed by atoms with van der Waals surface area (Å²) in [5, 5.41) is 15.6. The van der Waals surface area contributed by atoms with Crippen LogP contribution in [0.25, 0.3) is 99.4 Å². The average Bonchev–Trinajstić information content (AvgIpc) is 3.16. The molecule has 0 amide bonds. The first kappa shape index (κ1) is 27.2. The molecule has 224 valence electrons. The van der Waals surface area contributed by atoms with E-state index in [-0.39, 0.29) is 0 Å². The van der Waals surface area contributed by atoms with E-state index in [1.165, 1.54) is 97.7 Å². The van der Waals surface area contributed by atoms with Crippen LogP contribution in [0.2, 0.25) is 0 Å². The van der Waals surface area contributed by atoms with Crippen molar-refractivity contribution in [3.63, 3.8) is 0 Å². The predicted molar refractivity (Wildman–Crippen MR) is 208 cm³/mol. The van der Waals surface area contributed by atoms with Gasteiger partial charge in [0, 0.05) is 0 Å². The lowest BCUT2D eigenvalue weighted by atomic mass is 9.84. The Morgan fingerprint density at radius 3 is 1.50 bits per heavy atom. The molecule has 0 aromatic heterocycles. The maximum absolute atomic E-state index is 2.47. The molecule has 48 heavy (non-hydrogen) atoms. The Labute approximate surface area is 279 Å². The summed E-state index contributed by atoms with van der Waals surface area (Å²) in [6.07, 6.45) is 7.07. The molecule has 0 atom stereocenters. The van der Waals surface area contributed by atoms with Crippen LogP contribution in [0.5, 0.6) is 0 Å². The van der Waals surface area contributed by atoms with Crippen molar-refractivity contribution in [2.75, 3.05) is 0 Å². The topological polar surface area (TPSA) is 0 Å². The normalized spacial score (nSPS) is 12.8. The fourth-order valence-corrected chi connectivity index (χ4v) is 8.27. The standard InChI is InChI=1S/C48H32/c1-2-14-33-28-35(26-24-31(33)12-1)47-41-19-7-9-21-43(41)48(44-22-10-8-20-42(44)47)36-27-25-34-29-46(40-18-6-5-17-39(40)45(34)30-36)38-23-11-15-32-13-3-4-16-37(32)38/h1-4,7-30H,5-6H2. The SMILES string of the molecule is C1=c2c(-c3cccc4ccccc34)cc3ccc(-c4c5ccccc5c(-c5ccc6ccccc6c5)c5ccccc45)cc3c2=CCC1. The summed E-state index contributed by atoms with van der Waals surface area (Å²) in [7, 11) is 0. The molecular weight excluding hydrogens is 577 g/mol. The molecule has 0 unspecified atom stereocenters. The first-order chi connectivity index (χ1) is 23.8. The van der Waals surface area contributed by atoms with Crippen LogP contribution in [0.3, 0.4) is 0 Å². The van der Waals surface area contributed by atoms with Crippen molar-refractivity contribution in [3.05, 3.63) is 168 Å². The quantitative estimate of drug-likeness (QED) is 0.175. The highest BCUT2D eigenvalue weighted by molar-refractivity contribution is 6.22. The Kier molecular flexibility index (Phi) is 6.11. The second-order valence-corrected chi connectivity index (χ2v) is 13.1. The molecule has 1 aliphatic rings. The van der Waals surface area contributed by atoms with E-state index >= 15 is 0 Å². The zero-order valence-corrected chi connectivity index (χ0v) is 26.6. The zero-order chi connectivity index (χ0) is 31.6. The van der Waals surface area contributed by atoms with Gasteiger partial charge in [-0.05, 0) is 129 Å². The van der Waals surface area contributed by atoms with Gasteiger partial charge in [0.1, 0.15) is 0 Å². The van der Waals surface area contributed by atoms with E-state index in [9.17, 15) is 0 Å². The molecule has 0 saturated heterocycles. The first-order valence-electron chi connectivity index (χ1n) is 17.0. The van der Waals surface area contributed by atoms with Crippen LogP contribution in [0.1, 0.15) is 12.8 Å². The molecule has 0 heteroatoms. The van der Waals surface area contributed by atoms with Crippen molar-refractivity contribution in [2.24, 2.45) is 0 Å². The summed E-state index contributed by atoms with van der Waals surface area (Å²) in [6, 6.07) is 58.6. The van der Waals surface area contributed by atoms with Gasteiger partial charge >= 0.3 is 0 Å². The summed E-state index contributed by atoms with van der Waals surface area (Å²) in [5.41, 5.74) is 7.76. The lowest BCUT2D eigenvalue weighted by Crippen LogP contribution is -2.29. The maximum atomic E-state index is 2.47. The molecule has 0 heterocycles. The Bertz CT molecular complexity index is 2830. The van der Waals surface area contributed by atoms with E-state index in [4.69, 9.17) is 0 Å². The third-order valence-corrected chi connectivity index (χ3v) is 10.4. The molecule has 0 radical (unpaired) electrons. The number of hydrogen-bond acceptors (Lipinski definition) is 0. The van der Waals surface area contributed by atoms with Gasteiger partial charge in [-0.1, -0.05) is 152 Å². The van der Waals surface area contributed by atoms with E-state index in [0.717, 1.165) is 12.8 Å². The highest BCUT2D eigenvalue weighted by Crippen LogP contribution is 2.44. The van der Waals surface area contributed by atoms with Crippen molar-refractivity contribution in [2.45, 2.75) is 12.8 Å². The molecule has 0 N–H and O–H groups in total. The second-order valence-electron chi connectivity index (χ2n) is 13.1. The van der Waals surface area contributed by atoms with Gasteiger partial charge in [-0.15, -0.1) is 0 Å². The van der Waals surface area contributed by atoms with Crippen LogP contribution in [0, 0.1) is 0 Å². The van der Waals surface area contributed by atoms with Crippen LogP contribution in [-0.2, 0) is 0 Å². The van der Waals surface area contributed by atoms with Crippen molar-refractivity contribution in [1.82, 2.24) is 0 Å². The number of rotatable bonds is 3. The Morgan fingerprint density at radius 1 is 0.292 bits per heavy atom. The lowest BCUT2D eigenvalue weighted by molar-refractivity contribution is 1.12. The van der Waals surface area contributed by atoms with Crippen LogP contribution < -0.4 is 10.4 Å². The molecule has 0 nitrogen and oxygen atoms in total. The molecule has 9 aromatic carbocycles. The molecular formula is C48H32. The van der Waals surface area contributed by atoms with Gasteiger partial charge in [0.25, 0.3) is 0 Å². The molecule has 0 fully saturated rings. The van der Waals surface area contributed by atoms with E-state index < -0.39 is 0 Å². The highest BCUT2D eigenvalue weighted by atomic mass is 14.2. The maximum Gasteiger partial charge on any atom is -0.00261 e. The molecule has 10 rings (SSSR count). The zero-order valence-electron chi connectivity index (χ0n) is 26.6. The van der Waals surface area contributed by atoms with E-state index in [2.05, 4.69) is 170 Å². The van der Waals surface area contributed by atoms with E-state index in [0.29, 0.717) is 0 Å². The smallest absolute Gasteiger partial charge is 0.00261 e. The largest absolute Gasteiger partial charge is 0.0757 e. The van der Waals surface area contributed by atoms with Crippen LogP contribution in [0.4, 0.5) is 0 Å². The van der Waals surface area contributed by atoms with E-state index in [1.54, 1.807) is 0 Å².